The van der Waals surface area contributed by atoms with Crippen LogP contribution in [0.4, 0.5) is 0 Å². The Bertz CT molecular complexity index is 671. The van der Waals surface area contributed by atoms with Crippen LogP contribution < -0.4 is 5.32 Å². The topological polar surface area (TPSA) is 66.4 Å². The lowest BCUT2D eigenvalue weighted by molar-refractivity contribution is -0.137. The summed E-state index contributed by atoms with van der Waals surface area (Å²) in [5.74, 6) is -0.227. The van der Waals surface area contributed by atoms with Gasteiger partial charge in [0.2, 0.25) is 0 Å². The molecule has 24 heavy (non-hydrogen) atoms. The Hall–Kier alpha value is -2.27. The monoisotopic (exact) mass is 343 g/mol. The maximum atomic E-state index is 12.1. The normalized spacial score (nSPS) is 11.7. The number of rotatable bonds is 8. The largest absolute Gasteiger partial charge is 0.481 e. The highest BCUT2D eigenvalue weighted by molar-refractivity contribution is 7.98. The molecule has 0 saturated carbocycles. The Balaban J connectivity index is 1.82. The minimum atomic E-state index is -0.850. The molecule has 0 aliphatic carbocycles. The number of hydrogen-bond acceptors (Lipinski definition) is 3. The molecule has 0 fully saturated rings. The molecule has 2 N–H and O–H groups in total. The van der Waals surface area contributed by atoms with Crippen molar-refractivity contribution in [3.05, 3.63) is 65.7 Å². The van der Waals surface area contributed by atoms with Gasteiger partial charge in [-0.1, -0.05) is 37.3 Å². The van der Waals surface area contributed by atoms with Gasteiger partial charge in [0.1, 0.15) is 0 Å². The van der Waals surface area contributed by atoms with Gasteiger partial charge in [0, 0.05) is 29.2 Å². The molecule has 0 aliphatic heterocycles. The van der Waals surface area contributed by atoms with E-state index in [4.69, 9.17) is 5.11 Å². The SMILES string of the molecule is CC(CNC(=O)c1ccc(SCc2ccccc2)cc1)CC(=O)O. The quantitative estimate of drug-likeness (QED) is 0.715. The molecule has 0 heterocycles. The maximum absolute atomic E-state index is 12.1. The molecule has 5 heteroatoms. The predicted octanol–water partition coefficient (Wildman–Crippen LogP) is 3.82. The van der Waals surface area contributed by atoms with E-state index >= 15 is 0 Å². The second kappa shape index (κ2) is 9.13. The highest BCUT2D eigenvalue weighted by Crippen LogP contribution is 2.22. The summed E-state index contributed by atoms with van der Waals surface area (Å²) in [7, 11) is 0. The lowest BCUT2D eigenvalue weighted by atomic mass is 10.1. The molecule has 1 amide bonds. The summed E-state index contributed by atoms with van der Waals surface area (Å²) < 4.78 is 0. The van der Waals surface area contributed by atoms with E-state index in [9.17, 15) is 9.59 Å². The summed E-state index contributed by atoms with van der Waals surface area (Å²) in [6, 6.07) is 17.7. The first-order valence-electron chi connectivity index (χ1n) is 7.81. The van der Waals surface area contributed by atoms with Gasteiger partial charge in [-0.2, -0.15) is 0 Å². The Morgan fingerprint density at radius 3 is 2.38 bits per heavy atom. The highest BCUT2D eigenvalue weighted by Gasteiger charge is 2.10. The molecule has 2 rings (SSSR count). The summed E-state index contributed by atoms with van der Waals surface area (Å²) in [6.07, 6.45) is 0.0509. The zero-order valence-corrected chi connectivity index (χ0v) is 14.4. The van der Waals surface area contributed by atoms with E-state index in [-0.39, 0.29) is 18.2 Å². The van der Waals surface area contributed by atoms with Gasteiger partial charge in [-0.3, -0.25) is 9.59 Å². The van der Waals surface area contributed by atoms with E-state index in [0.717, 1.165) is 10.6 Å². The molecule has 4 nitrogen and oxygen atoms in total. The molecule has 1 unspecified atom stereocenters. The number of nitrogens with one attached hydrogen (secondary N) is 1. The molecule has 0 aliphatic rings. The van der Waals surface area contributed by atoms with Crippen molar-refractivity contribution in [3.63, 3.8) is 0 Å². The Kier molecular flexibility index (Phi) is 6.88. The number of carbonyl (C=O) groups excluding carboxylic acids is 1. The number of hydrogen-bond donors (Lipinski definition) is 2. The van der Waals surface area contributed by atoms with Crippen LogP contribution >= 0.6 is 11.8 Å². The highest BCUT2D eigenvalue weighted by atomic mass is 32.2. The van der Waals surface area contributed by atoms with Crippen LogP contribution in [0, 0.1) is 5.92 Å². The number of benzene rings is 2. The predicted molar refractivity (Wildman–Crippen MR) is 96.2 cm³/mol. The fourth-order valence-electron chi connectivity index (χ4n) is 2.18. The molecule has 0 bridgehead atoms. The van der Waals surface area contributed by atoms with Crippen LogP contribution in [0.15, 0.2) is 59.5 Å². The standard InChI is InChI=1S/C19H21NO3S/c1-14(11-18(21)22)12-20-19(23)16-7-9-17(10-8-16)24-13-15-5-3-2-4-6-15/h2-10,14H,11-13H2,1H3,(H,20,23)(H,21,22). The molecule has 0 saturated heterocycles. The van der Waals surface area contributed by atoms with Crippen molar-refractivity contribution < 1.29 is 14.7 Å². The zero-order valence-electron chi connectivity index (χ0n) is 13.6. The van der Waals surface area contributed by atoms with E-state index < -0.39 is 5.97 Å². The fraction of sp³-hybridized carbons (Fsp3) is 0.263. The molecule has 0 spiro atoms. The van der Waals surface area contributed by atoms with Gasteiger partial charge in [-0.05, 0) is 35.7 Å². The molecule has 0 aromatic heterocycles. The van der Waals surface area contributed by atoms with Gasteiger partial charge in [-0.15, -0.1) is 11.8 Å². The third kappa shape index (κ3) is 6.08. The molecule has 126 valence electrons. The van der Waals surface area contributed by atoms with E-state index in [1.165, 1.54) is 5.56 Å². The van der Waals surface area contributed by atoms with Crippen LogP contribution in [-0.2, 0) is 10.5 Å². The number of amides is 1. The van der Waals surface area contributed by atoms with Crippen molar-refractivity contribution in [2.75, 3.05) is 6.54 Å². The van der Waals surface area contributed by atoms with Crippen LogP contribution in [0.25, 0.3) is 0 Å². The van der Waals surface area contributed by atoms with Gasteiger partial charge in [0.25, 0.3) is 5.91 Å². The summed E-state index contributed by atoms with van der Waals surface area (Å²) >= 11 is 1.72. The van der Waals surface area contributed by atoms with Crippen LogP contribution in [0.1, 0.15) is 29.3 Å². The molecular formula is C19H21NO3S. The smallest absolute Gasteiger partial charge is 0.303 e. The fourth-order valence-corrected chi connectivity index (χ4v) is 3.04. The average Bonchev–Trinajstić information content (AvgIpc) is 2.58. The summed E-state index contributed by atoms with van der Waals surface area (Å²) in [6.45, 7) is 2.16. The van der Waals surface area contributed by atoms with Crippen molar-refractivity contribution in [1.29, 1.82) is 0 Å². The van der Waals surface area contributed by atoms with Gasteiger partial charge in [0.05, 0.1) is 0 Å². The number of carboxylic acids is 1. The lowest BCUT2D eigenvalue weighted by Crippen LogP contribution is -2.29. The van der Waals surface area contributed by atoms with Gasteiger partial charge >= 0.3 is 5.97 Å². The van der Waals surface area contributed by atoms with Crippen molar-refractivity contribution in [3.8, 4) is 0 Å². The molecule has 0 radical (unpaired) electrons. The van der Waals surface area contributed by atoms with E-state index in [2.05, 4.69) is 17.4 Å². The molecule has 2 aromatic carbocycles. The first kappa shape index (κ1) is 18.1. The Morgan fingerprint density at radius 1 is 1.08 bits per heavy atom. The molecule has 1 atom stereocenters. The van der Waals surface area contributed by atoms with Gasteiger partial charge in [0.15, 0.2) is 0 Å². The number of thioether (sulfide) groups is 1. The van der Waals surface area contributed by atoms with Crippen molar-refractivity contribution in [2.24, 2.45) is 5.92 Å². The summed E-state index contributed by atoms with van der Waals surface area (Å²) in [5.41, 5.74) is 1.85. The van der Waals surface area contributed by atoms with Crippen molar-refractivity contribution in [1.82, 2.24) is 5.32 Å². The number of carboxylic acid groups (broad SMARTS) is 1. The van der Waals surface area contributed by atoms with Gasteiger partial charge in [-0.25, -0.2) is 0 Å². The van der Waals surface area contributed by atoms with Crippen molar-refractivity contribution >= 4 is 23.6 Å². The summed E-state index contributed by atoms with van der Waals surface area (Å²) in [4.78, 5) is 23.8. The maximum Gasteiger partial charge on any atom is 0.303 e. The second-order valence-corrected chi connectivity index (χ2v) is 6.76. The van der Waals surface area contributed by atoms with Crippen LogP contribution in [0.2, 0.25) is 0 Å². The average molecular weight is 343 g/mol. The first-order chi connectivity index (χ1) is 11.5. The number of aliphatic carboxylic acids is 1. The Labute approximate surface area is 146 Å². The minimum absolute atomic E-state index is 0.0509. The molecule has 2 aromatic rings. The Morgan fingerprint density at radius 2 is 1.75 bits per heavy atom. The first-order valence-corrected chi connectivity index (χ1v) is 8.80. The van der Waals surface area contributed by atoms with Crippen LogP contribution in [-0.4, -0.2) is 23.5 Å². The third-order valence-corrected chi connectivity index (χ3v) is 4.58. The third-order valence-electron chi connectivity index (χ3n) is 3.50. The van der Waals surface area contributed by atoms with E-state index in [1.54, 1.807) is 30.8 Å². The lowest BCUT2D eigenvalue weighted by Gasteiger charge is -2.10. The van der Waals surface area contributed by atoms with Gasteiger partial charge < -0.3 is 10.4 Å². The summed E-state index contributed by atoms with van der Waals surface area (Å²) in [5, 5.41) is 11.5. The number of carbonyl (C=O) groups is 2. The van der Waals surface area contributed by atoms with Crippen molar-refractivity contribution in [2.45, 2.75) is 24.0 Å². The van der Waals surface area contributed by atoms with E-state index in [0.29, 0.717) is 12.1 Å². The van der Waals surface area contributed by atoms with E-state index in [1.807, 2.05) is 30.3 Å². The minimum Gasteiger partial charge on any atom is -0.481 e. The zero-order chi connectivity index (χ0) is 17.4. The van der Waals surface area contributed by atoms with Crippen LogP contribution in [0.3, 0.4) is 0 Å². The second-order valence-electron chi connectivity index (χ2n) is 5.71. The molecular weight excluding hydrogens is 322 g/mol. The van der Waals surface area contributed by atoms with Crippen LogP contribution in [0.5, 0.6) is 0 Å².